The van der Waals surface area contributed by atoms with Gasteiger partial charge in [0.1, 0.15) is 6.61 Å². The molecule has 0 atom stereocenters. The van der Waals surface area contributed by atoms with Crippen molar-refractivity contribution in [1.82, 2.24) is 4.90 Å². The number of likely N-dealkylation sites (N-methyl/N-ethyl adjacent to an activating group) is 1. The third-order valence-corrected chi connectivity index (χ3v) is 3.03. The second-order valence-electron chi connectivity index (χ2n) is 5.51. The first-order valence-electron chi connectivity index (χ1n) is 6.84. The van der Waals surface area contributed by atoms with Gasteiger partial charge in [-0.2, -0.15) is 0 Å². The van der Waals surface area contributed by atoms with E-state index >= 15 is 0 Å². The number of nitrogens with zero attached hydrogens (tertiary/aromatic N) is 1. The van der Waals surface area contributed by atoms with E-state index in [1.165, 1.54) is 5.56 Å². The van der Waals surface area contributed by atoms with Gasteiger partial charge in [-0.15, -0.1) is 0 Å². The quantitative estimate of drug-likeness (QED) is 0.789. The Morgan fingerprint density at radius 1 is 1.16 bits per heavy atom. The summed E-state index contributed by atoms with van der Waals surface area (Å²) in [6.07, 6.45) is 0.0858. The molecule has 1 amide bonds. The van der Waals surface area contributed by atoms with Crippen LogP contribution in [0.1, 0.15) is 44.7 Å². The van der Waals surface area contributed by atoms with Crippen LogP contribution in [0.2, 0.25) is 0 Å². The van der Waals surface area contributed by atoms with E-state index in [-0.39, 0.29) is 18.6 Å². The van der Waals surface area contributed by atoms with Crippen molar-refractivity contribution in [3.8, 4) is 0 Å². The minimum Gasteiger partial charge on any atom is -0.369 e. The zero-order valence-electron chi connectivity index (χ0n) is 12.6. The number of amides is 1. The maximum absolute atomic E-state index is 11.8. The number of benzene rings is 1. The molecular formula is C16H25NO2. The van der Waals surface area contributed by atoms with Crippen LogP contribution >= 0.6 is 0 Å². The first-order valence-corrected chi connectivity index (χ1v) is 6.84. The Hall–Kier alpha value is -1.35. The van der Waals surface area contributed by atoms with Gasteiger partial charge in [-0.25, -0.2) is 0 Å². The highest BCUT2D eigenvalue weighted by atomic mass is 16.5. The lowest BCUT2D eigenvalue weighted by Crippen LogP contribution is -2.30. The summed E-state index contributed by atoms with van der Waals surface area (Å²) in [6, 6.07) is 8.43. The van der Waals surface area contributed by atoms with Gasteiger partial charge < -0.3 is 9.64 Å². The van der Waals surface area contributed by atoms with Crippen LogP contribution in [-0.2, 0) is 16.1 Å². The zero-order valence-corrected chi connectivity index (χ0v) is 12.6. The SMILES string of the molecule is CC(C)OCC(=O)N(C)Cc1ccc(C(C)C)cc1. The van der Waals surface area contributed by atoms with Crippen LogP contribution in [0.25, 0.3) is 0 Å². The zero-order chi connectivity index (χ0) is 14.4. The van der Waals surface area contributed by atoms with E-state index < -0.39 is 0 Å². The molecule has 0 heterocycles. The Kier molecular flexibility index (Phi) is 6.03. The average Bonchev–Trinajstić information content (AvgIpc) is 2.36. The average molecular weight is 263 g/mol. The summed E-state index contributed by atoms with van der Waals surface area (Å²) in [5.74, 6) is 0.550. The third kappa shape index (κ3) is 5.43. The summed E-state index contributed by atoms with van der Waals surface area (Å²) in [4.78, 5) is 13.5. The first-order chi connectivity index (χ1) is 8.90. The van der Waals surface area contributed by atoms with E-state index in [0.29, 0.717) is 12.5 Å². The fourth-order valence-corrected chi connectivity index (χ4v) is 1.72. The van der Waals surface area contributed by atoms with Crippen molar-refractivity contribution in [2.24, 2.45) is 0 Å². The molecule has 0 bridgehead atoms. The van der Waals surface area contributed by atoms with E-state index in [1.54, 1.807) is 4.90 Å². The molecule has 0 unspecified atom stereocenters. The van der Waals surface area contributed by atoms with Crippen LogP contribution in [0, 0.1) is 0 Å². The van der Waals surface area contributed by atoms with Crippen LogP contribution in [0.15, 0.2) is 24.3 Å². The summed E-state index contributed by atoms with van der Waals surface area (Å²) in [6.45, 7) is 8.98. The second-order valence-corrected chi connectivity index (χ2v) is 5.51. The van der Waals surface area contributed by atoms with Crippen LogP contribution in [-0.4, -0.2) is 30.6 Å². The number of hydrogen-bond donors (Lipinski definition) is 0. The topological polar surface area (TPSA) is 29.5 Å². The van der Waals surface area contributed by atoms with Gasteiger partial charge in [-0.3, -0.25) is 4.79 Å². The van der Waals surface area contributed by atoms with Crippen molar-refractivity contribution in [1.29, 1.82) is 0 Å². The summed E-state index contributed by atoms with van der Waals surface area (Å²) < 4.78 is 5.32. The van der Waals surface area contributed by atoms with E-state index in [1.807, 2.05) is 20.9 Å². The standard InChI is InChI=1S/C16H25NO2/c1-12(2)15-8-6-14(7-9-15)10-17(5)16(18)11-19-13(3)4/h6-9,12-13H,10-11H2,1-5H3. The van der Waals surface area contributed by atoms with Crippen molar-refractivity contribution < 1.29 is 9.53 Å². The van der Waals surface area contributed by atoms with Gasteiger partial charge in [0.25, 0.3) is 0 Å². The Bertz CT molecular complexity index is 396. The van der Waals surface area contributed by atoms with Gasteiger partial charge >= 0.3 is 0 Å². The van der Waals surface area contributed by atoms with Gasteiger partial charge in [-0.1, -0.05) is 38.1 Å². The number of carbonyl (C=O) groups is 1. The molecule has 1 rings (SSSR count). The highest BCUT2D eigenvalue weighted by molar-refractivity contribution is 5.77. The lowest BCUT2D eigenvalue weighted by molar-refractivity contribution is -0.136. The third-order valence-electron chi connectivity index (χ3n) is 3.03. The summed E-state index contributed by atoms with van der Waals surface area (Å²) in [5.41, 5.74) is 2.46. The maximum atomic E-state index is 11.8. The highest BCUT2D eigenvalue weighted by Gasteiger charge is 2.10. The summed E-state index contributed by atoms with van der Waals surface area (Å²) >= 11 is 0. The molecule has 19 heavy (non-hydrogen) atoms. The van der Waals surface area contributed by atoms with Crippen molar-refractivity contribution in [2.75, 3.05) is 13.7 Å². The van der Waals surface area contributed by atoms with Gasteiger partial charge in [0, 0.05) is 13.6 Å². The molecule has 0 aromatic heterocycles. The Balaban J connectivity index is 2.51. The molecule has 0 radical (unpaired) electrons. The van der Waals surface area contributed by atoms with E-state index in [4.69, 9.17) is 4.74 Å². The van der Waals surface area contributed by atoms with Crippen LogP contribution in [0.4, 0.5) is 0 Å². The Labute approximate surface area is 116 Å². The van der Waals surface area contributed by atoms with Crippen LogP contribution < -0.4 is 0 Å². The summed E-state index contributed by atoms with van der Waals surface area (Å²) in [5, 5.41) is 0. The van der Waals surface area contributed by atoms with Crippen LogP contribution in [0.3, 0.4) is 0 Å². The van der Waals surface area contributed by atoms with E-state index in [0.717, 1.165) is 5.56 Å². The molecule has 0 aliphatic carbocycles. The maximum Gasteiger partial charge on any atom is 0.248 e. The van der Waals surface area contributed by atoms with Gasteiger partial charge in [-0.05, 0) is 30.9 Å². The first kappa shape index (κ1) is 15.7. The van der Waals surface area contributed by atoms with Crippen LogP contribution in [0.5, 0.6) is 0 Å². The van der Waals surface area contributed by atoms with Gasteiger partial charge in [0.2, 0.25) is 5.91 Å². The molecule has 0 N–H and O–H groups in total. The van der Waals surface area contributed by atoms with Gasteiger partial charge in [0.15, 0.2) is 0 Å². The van der Waals surface area contributed by atoms with Crippen molar-refractivity contribution >= 4 is 5.91 Å². The predicted octanol–water partition coefficient (Wildman–Crippen LogP) is 3.19. The minimum absolute atomic E-state index is 0.0154. The number of carbonyl (C=O) groups excluding carboxylic acids is 1. The minimum atomic E-state index is 0.0154. The molecule has 1 aromatic carbocycles. The molecule has 0 saturated heterocycles. The molecule has 106 valence electrons. The Morgan fingerprint density at radius 2 is 1.74 bits per heavy atom. The smallest absolute Gasteiger partial charge is 0.248 e. The molecule has 3 heteroatoms. The van der Waals surface area contributed by atoms with Crippen molar-refractivity contribution in [3.05, 3.63) is 35.4 Å². The molecule has 3 nitrogen and oxygen atoms in total. The second kappa shape index (κ2) is 7.29. The summed E-state index contributed by atoms with van der Waals surface area (Å²) in [7, 11) is 1.81. The highest BCUT2D eigenvalue weighted by Crippen LogP contribution is 2.15. The lowest BCUT2D eigenvalue weighted by Gasteiger charge is -2.18. The van der Waals surface area contributed by atoms with E-state index in [2.05, 4.69) is 38.1 Å². The Morgan fingerprint density at radius 3 is 2.21 bits per heavy atom. The largest absolute Gasteiger partial charge is 0.369 e. The molecule has 0 aliphatic heterocycles. The number of hydrogen-bond acceptors (Lipinski definition) is 2. The van der Waals surface area contributed by atoms with Crippen molar-refractivity contribution in [2.45, 2.75) is 46.3 Å². The monoisotopic (exact) mass is 263 g/mol. The van der Waals surface area contributed by atoms with Gasteiger partial charge in [0.05, 0.1) is 6.10 Å². The molecule has 0 saturated carbocycles. The van der Waals surface area contributed by atoms with Crippen molar-refractivity contribution in [3.63, 3.8) is 0 Å². The fraction of sp³-hybridized carbons (Fsp3) is 0.562. The molecule has 0 spiro atoms. The molecule has 0 aliphatic rings. The van der Waals surface area contributed by atoms with E-state index in [9.17, 15) is 4.79 Å². The normalized spacial score (nSPS) is 11.1. The predicted molar refractivity (Wildman–Crippen MR) is 78.1 cm³/mol. The lowest BCUT2D eigenvalue weighted by atomic mass is 10.0. The number of rotatable bonds is 6. The molecule has 0 fully saturated rings. The number of ether oxygens (including phenoxy) is 1. The molecule has 1 aromatic rings. The molecular weight excluding hydrogens is 238 g/mol. The fourth-order valence-electron chi connectivity index (χ4n) is 1.72.